The van der Waals surface area contributed by atoms with Crippen LogP contribution in [-0.4, -0.2) is 19.8 Å². The molecular formula is C15H17NO3S. The van der Waals surface area contributed by atoms with Crippen molar-refractivity contribution in [2.75, 3.05) is 11.6 Å². The maximum atomic E-state index is 11.4. The first-order valence-electron chi connectivity index (χ1n) is 6.22. The van der Waals surface area contributed by atoms with E-state index in [9.17, 15) is 13.5 Å². The number of aromatic hydroxyl groups is 1. The zero-order valence-corrected chi connectivity index (χ0v) is 12.2. The summed E-state index contributed by atoms with van der Waals surface area (Å²) in [6, 6.07) is 13.7. The molecule has 2 rings (SSSR count). The Morgan fingerprint density at radius 3 is 2.30 bits per heavy atom. The van der Waals surface area contributed by atoms with Crippen molar-refractivity contribution in [3.8, 4) is 5.75 Å². The number of hydrogen-bond donors (Lipinski definition) is 2. The molecule has 1 atom stereocenters. The molecule has 0 saturated carbocycles. The summed E-state index contributed by atoms with van der Waals surface area (Å²) >= 11 is 0. The first kappa shape index (κ1) is 14.4. The molecule has 4 nitrogen and oxygen atoms in total. The summed E-state index contributed by atoms with van der Waals surface area (Å²) in [5, 5.41) is 12.7. The fourth-order valence-corrected chi connectivity index (χ4v) is 2.56. The van der Waals surface area contributed by atoms with Gasteiger partial charge in [0.25, 0.3) is 0 Å². The zero-order valence-electron chi connectivity index (χ0n) is 11.4. The Morgan fingerprint density at radius 2 is 1.75 bits per heavy atom. The summed E-state index contributed by atoms with van der Waals surface area (Å²) in [6.45, 7) is 1.97. The second-order valence-corrected chi connectivity index (χ2v) is 6.77. The standard InChI is InChI=1S/C15H17NO3S/c1-11(16-13-4-3-5-14(17)10-13)12-6-8-15(9-7-12)20(2,18)19/h3-11,16-17H,1-2H3. The lowest BCUT2D eigenvalue weighted by Crippen LogP contribution is -2.07. The number of rotatable bonds is 4. The van der Waals surface area contributed by atoms with Crippen LogP contribution in [0.25, 0.3) is 0 Å². The minimum absolute atomic E-state index is 0.00501. The molecule has 106 valence electrons. The van der Waals surface area contributed by atoms with Crippen LogP contribution in [0.2, 0.25) is 0 Å². The summed E-state index contributed by atoms with van der Waals surface area (Å²) in [4.78, 5) is 0.311. The van der Waals surface area contributed by atoms with Crippen LogP contribution >= 0.6 is 0 Å². The highest BCUT2D eigenvalue weighted by molar-refractivity contribution is 7.90. The normalized spacial score (nSPS) is 12.9. The zero-order chi connectivity index (χ0) is 14.8. The van der Waals surface area contributed by atoms with Crippen LogP contribution < -0.4 is 5.32 Å². The molecule has 0 aromatic heterocycles. The van der Waals surface area contributed by atoms with Crippen LogP contribution in [-0.2, 0) is 9.84 Å². The Bertz CT molecular complexity index is 693. The van der Waals surface area contributed by atoms with Gasteiger partial charge in [0.15, 0.2) is 9.84 Å². The van der Waals surface area contributed by atoms with E-state index in [0.29, 0.717) is 4.90 Å². The third kappa shape index (κ3) is 3.51. The maximum absolute atomic E-state index is 11.4. The molecule has 0 amide bonds. The summed E-state index contributed by atoms with van der Waals surface area (Å²) < 4.78 is 22.8. The van der Waals surface area contributed by atoms with E-state index in [4.69, 9.17) is 0 Å². The van der Waals surface area contributed by atoms with Gasteiger partial charge < -0.3 is 10.4 Å². The molecule has 0 fully saturated rings. The molecular weight excluding hydrogens is 274 g/mol. The predicted molar refractivity (Wildman–Crippen MR) is 79.7 cm³/mol. The summed E-state index contributed by atoms with van der Waals surface area (Å²) in [5.41, 5.74) is 1.78. The van der Waals surface area contributed by atoms with Gasteiger partial charge in [-0.05, 0) is 36.8 Å². The Kier molecular flexibility index (Phi) is 3.99. The van der Waals surface area contributed by atoms with Gasteiger partial charge in [0.1, 0.15) is 5.75 Å². The SMILES string of the molecule is CC(Nc1cccc(O)c1)c1ccc(S(C)(=O)=O)cc1. The second kappa shape index (κ2) is 5.54. The number of nitrogens with one attached hydrogen (secondary N) is 1. The number of hydrogen-bond acceptors (Lipinski definition) is 4. The highest BCUT2D eigenvalue weighted by atomic mass is 32.2. The summed E-state index contributed by atoms with van der Waals surface area (Å²) in [7, 11) is -3.16. The average Bonchev–Trinajstić information content (AvgIpc) is 2.38. The van der Waals surface area contributed by atoms with Gasteiger partial charge in [0.05, 0.1) is 4.90 Å². The number of benzene rings is 2. The van der Waals surface area contributed by atoms with Crippen molar-refractivity contribution < 1.29 is 13.5 Å². The van der Waals surface area contributed by atoms with Crippen LogP contribution in [0.3, 0.4) is 0 Å². The largest absolute Gasteiger partial charge is 0.508 e. The van der Waals surface area contributed by atoms with Gasteiger partial charge in [-0.3, -0.25) is 0 Å². The van der Waals surface area contributed by atoms with Crippen molar-refractivity contribution in [1.82, 2.24) is 0 Å². The highest BCUT2D eigenvalue weighted by Gasteiger charge is 2.09. The Hall–Kier alpha value is -2.01. The first-order chi connectivity index (χ1) is 9.36. The van der Waals surface area contributed by atoms with Crippen molar-refractivity contribution >= 4 is 15.5 Å². The lowest BCUT2D eigenvalue weighted by molar-refractivity contribution is 0.475. The quantitative estimate of drug-likeness (QED) is 0.909. The van der Waals surface area contributed by atoms with E-state index in [2.05, 4.69) is 5.32 Å². The molecule has 5 heteroatoms. The summed E-state index contributed by atoms with van der Waals surface area (Å²) in [5.74, 6) is 0.203. The lowest BCUT2D eigenvalue weighted by Gasteiger charge is -2.16. The van der Waals surface area contributed by atoms with Gasteiger partial charge in [-0.15, -0.1) is 0 Å². The highest BCUT2D eigenvalue weighted by Crippen LogP contribution is 2.23. The van der Waals surface area contributed by atoms with Crippen LogP contribution in [0.15, 0.2) is 53.4 Å². The fraction of sp³-hybridized carbons (Fsp3) is 0.200. The van der Waals surface area contributed by atoms with E-state index >= 15 is 0 Å². The fourth-order valence-electron chi connectivity index (χ4n) is 1.93. The van der Waals surface area contributed by atoms with Crippen LogP contribution in [0, 0.1) is 0 Å². The predicted octanol–water partition coefficient (Wildman–Crippen LogP) is 2.97. The smallest absolute Gasteiger partial charge is 0.175 e. The molecule has 0 aliphatic rings. The van der Waals surface area contributed by atoms with Crippen molar-refractivity contribution in [3.63, 3.8) is 0 Å². The van der Waals surface area contributed by atoms with E-state index in [1.807, 2.05) is 13.0 Å². The number of anilines is 1. The van der Waals surface area contributed by atoms with E-state index < -0.39 is 9.84 Å². The second-order valence-electron chi connectivity index (χ2n) is 4.76. The van der Waals surface area contributed by atoms with Crippen molar-refractivity contribution in [3.05, 3.63) is 54.1 Å². The van der Waals surface area contributed by atoms with Gasteiger partial charge >= 0.3 is 0 Å². The van der Waals surface area contributed by atoms with E-state index in [1.165, 1.54) is 6.26 Å². The monoisotopic (exact) mass is 291 g/mol. The molecule has 0 aliphatic carbocycles. The van der Waals surface area contributed by atoms with Gasteiger partial charge in [0, 0.05) is 24.1 Å². The minimum Gasteiger partial charge on any atom is -0.508 e. The molecule has 0 spiro atoms. The molecule has 0 saturated heterocycles. The average molecular weight is 291 g/mol. The number of sulfone groups is 1. The van der Waals surface area contributed by atoms with Crippen LogP contribution in [0.1, 0.15) is 18.5 Å². The topological polar surface area (TPSA) is 66.4 Å². The molecule has 0 radical (unpaired) electrons. The van der Waals surface area contributed by atoms with E-state index in [0.717, 1.165) is 11.3 Å². The van der Waals surface area contributed by atoms with Gasteiger partial charge in [-0.1, -0.05) is 18.2 Å². The summed E-state index contributed by atoms with van der Waals surface area (Å²) in [6.07, 6.45) is 1.19. The Morgan fingerprint density at radius 1 is 1.10 bits per heavy atom. The van der Waals surface area contributed by atoms with Gasteiger partial charge in [0.2, 0.25) is 0 Å². The minimum atomic E-state index is -3.16. The lowest BCUT2D eigenvalue weighted by atomic mass is 10.1. The van der Waals surface area contributed by atoms with E-state index in [1.54, 1.807) is 42.5 Å². The third-order valence-corrected chi connectivity index (χ3v) is 4.17. The molecule has 2 aromatic rings. The number of phenolic OH excluding ortho intramolecular Hbond substituents is 1. The molecule has 0 aliphatic heterocycles. The molecule has 20 heavy (non-hydrogen) atoms. The molecule has 0 heterocycles. The maximum Gasteiger partial charge on any atom is 0.175 e. The molecule has 0 bridgehead atoms. The van der Waals surface area contributed by atoms with Crippen LogP contribution in [0.4, 0.5) is 5.69 Å². The Balaban J connectivity index is 2.15. The van der Waals surface area contributed by atoms with E-state index in [-0.39, 0.29) is 11.8 Å². The van der Waals surface area contributed by atoms with Crippen molar-refractivity contribution in [1.29, 1.82) is 0 Å². The van der Waals surface area contributed by atoms with Gasteiger partial charge in [-0.2, -0.15) is 0 Å². The third-order valence-electron chi connectivity index (χ3n) is 3.04. The molecule has 2 aromatic carbocycles. The van der Waals surface area contributed by atoms with Crippen molar-refractivity contribution in [2.24, 2.45) is 0 Å². The first-order valence-corrected chi connectivity index (χ1v) is 8.11. The van der Waals surface area contributed by atoms with Crippen molar-refractivity contribution in [2.45, 2.75) is 17.9 Å². The molecule has 2 N–H and O–H groups in total. The Labute approximate surface area is 119 Å². The van der Waals surface area contributed by atoms with Crippen LogP contribution in [0.5, 0.6) is 5.75 Å². The number of phenols is 1. The molecule has 1 unspecified atom stereocenters. The van der Waals surface area contributed by atoms with Gasteiger partial charge in [-0.25, -0.2) is 8.42 Å².